The Morgan fingerprint density at radius 2 is 2.47 bits per heavy atom. The lowest BCUT2D eigenvalue weighted by molar-refractivity contribution is 0.0648. The minimum Gasteiger partial charge on any atom is -0.394 e. The van der Waals surface area contributed by atoms with Crippen LogP contribution in [-0.2, 0) is 0 Å². The molecule has 2 heterocycles. The molecule has 0 spiro atoms. The number of rotatable bonds is 2. The summed E-state index contributed by atoms with van der Waals surface area (Å²) in [7, 11) is 0. The summed E-state index contributed by atoms with van der Waals surface area (Å²) in [6.07, 6.45) is 3.93. The first-order valence-electron chi connectivity index (χ1n) is 5.66. The van der Waals surface area contributed by atoms with Crippen LogP contribution in [0.1, 0.15) is 23.7 Å². The summed E-state index contributed by atoms with van der Waals surface area (Å²) in [4.78, 5) is 17.8. The van der Waals surface area contributed by atoms with E-state index in [1.165, 1.54) is 6.20 Å². The second-order valence-electron chi connectivity index (χ2n) is 4.37. The molecule has 1 aliphatic rings. The Kier molecular flexibility index (Phi) is 3.64. The van der Waals surface area contributed by atoms with Crippen molar-refractivity contribution in [2.75, 3.05) is 13.2 Å². The van der Waals surface area contributed by atoms with Crippen LogP contribution in [0.2, 0.25) is 5.02 Å². The lowest BCUT2D eigenvalue weighted by Gasteiger charge is -2.25. The third-order valence-corrected chi connectivity index (χ3v) is 3.63. The highest BCUT2D eigenvalue weighted by Gasteiger charge is 2.34. The number of pyridine rings is 1. The molecule has 1 aromatic rings. The summed E-state index contributed by atoms with van der Waals surface area (Å²) in [5.41, 5.74) is 0.453. The Labute approximate surface area is 105 Å². The molecule has 1 fully saturated rings. The minimum atomic E-state index is -0.124. The molecule has 0 aliphatic carbocycles. The highest BCUT2D eigenvalue weighted by Crippen LogP contribution is 2.26. The van der Waals surface area contributed by atoms with Crippen molar-refractivity contribution >= 4 is 17.5 Å². The SMILES string of the molecule is CC1CCN(C(=O)c2ccncc2Cl)C1CO. The van der Waals surface area contributed by atoms with Crippen LogP contribution in [0.15, 0.2) is 18.5 Å². The van der Waals surface area contributed by atoms with Crippen LogP contribution in [0.4, 0.5) is 0 Å². The quantitative estimate of drug-likeness (QED) is 0.872. The molecule has 92 valence electrons. The molecule has 1 aliphatic heterocycles. The van der Waals surface area contributed by atoms with Crippen LogP contribution >= 0.6 is 11.6 Å². The van der Waals surface area contributed by atoms with E-state index in [0.717, 1.165) is 6.42 Å². The number of halogens is 1. The second-order valence-corrected chi connectivity index (χ2v) is 4.78. The van der Waals surface area contributed by atoms with Gasteiger partial charge in [-0.05, 0) is 18.4 Å². The second kappa shape index (κ2) is 5.02. The van der Waals surface area contributed by atoms with E-state index < -0.39 is 0 Å². The zero-order valence-electron chi connectivity index (χ0n) is 9.64. The number of amides is 1. The van der Waals surface area contributed by atoms with Gasteiger partial charge in [-0.25, -0.2) is 0 Å². The average Bonchev–Trinajstić information content (AvgIpc) is 2.70. The number of aliphatic hydroxyl groups is 1. The van der Waals surface area contributed by atoms with Gasteiger partial charge in [-0.3, -0.25) is 9.78 Å². The van der Waals surface area contributed by atoms with Crippen molar-refractivity contribution in [2.24, 2.45) is 5.92 Å². The van der Waals surface area contributed by atoms with Gasteiger partial charge in [-0.2, -0.15) is 0 Å². The smallest absolute Gasteiger partial charge is 0.255 e. The first kappa shape index (κ1) is 12.3. The van der Waals surface area contributed by atoms with Crippen molar-refractivity contribution in [1.82, 2.24) is 9.88 Å². The molecule has 2 unspecified atom stereocenters. The van der Waals surface area contributed by atoms with Crippen molar-refractivity contribution in [2.45, 2.75) is 19.4 Å². The number of likely N-dealkylation sites (tertiary alicyclic amines) is 1. The fraction of sp³-hybridized carbons (Fsp3) is 0.500. The Bertz CT molecular complexity index is 425. The van der Waals surface area contributed by atoms with Gasteiger partial charge < -0.3 is 10.0 Å². The number of hydrogen-bond donors (Lipinski definition) is 1. The van der Waals surface area contributed by atoms with Gasteiger partial charge in [0.2, 0.25) is 0 Å². The summed E-state index contributed by atoms with van der Waals surface area (Å²) in [5.74, 6) is 0.199. The summed E-state index contributed by atoms with van der Waals surface area (Å²) in [6, 6.07) is 1.51. The molecule has 4 nitrogen and oxygen atoms in total. The Morgan fingerprint density at radius 3 is 3.12 bits per heavy atom. The van der Waals surface area contributed by atoms with Crippen molar-refractivity contribution in [3.05, 3.63) is 29.0 Å². The van der Waals surface area contributed by atoms with Gasteiger partial charge in [0, 0.05) is 18.9 Å². The van der Waals surface area contributed by atoms with Gasteiger partial charge >= 0.3 is 0 Å². The van der Waals surface area contributed by atoms with E-state index in [1.807, 2.05) is 6.92 Å². The van der Waals surface area contributed by atoms with E-state index in [0.29, 0.717) is 23.0 Å². The van der Waals surface area contributed by atoms with Gasteiger partial charge in [0.15, 0.2) is 0 Å². The maximum atomic E-state index is 12.3. The molecule has 5 heteroatoms. The molecule has 17 heavy (non-hydrogen) atoms. The van der Waals surface area contributed by atoms with Crippen molar-refractivity contribution < 1.29 is 9.90 Å². The number of aromatic nitrogens is 1. The molecule has 1 aromatic heterocycles. The largest absolute Gasteiger partial charge is 0.394 e. The van der Waals surface area contributed by atoms with Gasteiger partial charge in [0.25, 0.3) is 5.91 Å². The van der Waals surface area contributed by atoms with Gasteiger partial charge in [0.05, 0.1) is 23.2 Å². The number of carbonyl (C=O) groups is 1. The van der Waals surface area contributed by atoms with Crippen molar-refractivity contribution in [3.63, 3.8) is 0 Å². The molecular weight excluding hydrogens is 240 g/mol. The standard InChI is InChI=1S/C12H15ClN2O2/c1-8-3-5-15(11(8)7-16)12(17)9-2-4-14-6-10(9)13/h2,4,6,8,11,16H,3,5,7H2,1H3. The third-order valence-electron chi connectivity index (χ3n) is 3.33. The van der Waals surface area contributed by atoms with Crippen LogP contribution in [-0.4, -0.2) is 40.1 Å². The lowest BCUT2D eigenvalue weighted by Crippen LogP contribution is -2.39. The molecule has 0 bridgehead atoms. The number of hydrogen-bond acceptors (Lipinski definition) is 3. The maximum absolute atomic E-state index is 12.3. The van der Waals surface area contributed by atoms with E-state index in [4.69, 9.17) is 11.6 Å². The van der Waals surface area contributed by atoms with E-state index >= 15 is 0 Å². The van der Waals surface area contributed by atoms with Crippen molar-refractivity contribution in [3.8, 4) is 0 Å². The molecule has 2 rings (SSSR count). The van der Waals surface area contributed by atoms with E-state index in [2.05, 4.69) is 4.98 Å². The normalized spacial score (nSPS) is 24.1. The van der Waals surface area contributed by atoms with Gasteiger partial charge in [-0.15, -0.1) is 0 Å². The lowest BCUT2D eigenvalue weighted by atomic mass is 10.0. The summed E-state index contributed by atoms with van der Waals surface area (Å²) in [5, 5.41) is 9.69. The van der Waals surface area contributed by atoms with Crippen LogP contribution < -0.4 is 0 Å². The van der Waals surface area contributed by atoms with Crippen LogP contribution in [0.3, 0.4) is 0 Å². The zero-order chi connectivity index (χ0) is 12.4. The van der Waals surface area contributed by atoms with Crippen LogP contribution in [0.25, 0.3) is 0 Å². The monoisotopic (exact) mass is 254 g/mol. The first-order chi connectivity index (χ1) is 8.15. The fourth-order valence-corrected chi connectivity index (χ4v) is 2.44. The van der Waals surface area contributed by atoms with E-state index in [-0.39, 0.29) is 18.6 Å². The Balaban J connectivity index is 2.24. The van der Waals surface area contributed by atoms with E-state index in [1.54, 1.807) is 17.2 Å². The van der Waals surface area contributed by atoms with Crippen LogP contribution in [0.5, 0.6) is 0 Å². The summed E-state index contributed by atoms with van der Waals surface area (Å²) < 4.78 is 0. The topological polar surface area (TPSA) is 53.4 Å². The minimum absolute atomic E-state index is 0.00436. The predicted octanol–water partition coefficient (Wildman–Crippen LogP) is 1.58. The molecule has 1 saturated heterocycles. The number of nitrogens with zero attached hydrogens (tertiary/aromatic N) is 2. The predicted molar refractivity (Wildman–Crippen MR) is 64.9 cm³/mol. The molecule has 0 aromatic carbocycles. The first-order valence-corrected chi connectivity index (χ1v) is 6.04. The Hall–Kier alpha value is -1.13. The zero-order valence-corrected chi connectivity index (χ0v) is 10.4. The molecule has 1 amide bonds. The maximum Gasteiger partial charge on any atom is 0.255 e. The Morgan fingerprint density at radius 1 is 1.71 bits per heavy atom. The fourth-order valence-electron chi connectivity index (χ4n) is 2.24. The molecular formula is C12H15ClN2O2. The van der Waals surface area contributed by atoms with Gasteiger partial charge in [-0.1, -0.05) is 18.5 Å². The molecule has 1 N–H and O–H groups in total. The summed E-state index contributed by atoms with van der Waals surface area (Å²) in [6.45, 7) is 2.71. The van der Waals surface area contributed by atoms with Crippen molar-refractivity contribution in [1.29, 1.82) is 0 Å². The molecule has 0 saturated carbocycles. The average molecular weight is 255 g/mol. The highest BCUT2D eigenvalue weighted by molar-refractivity contribution is 6.33. The number of aliphatic hydroxyl groups excluding tert-OH is 1. The highest BCUT2D eigenvalue weighted by atomic mass is 35.5. The van der Waals surface area contributed by atoms with Crippen LogP contribution in [0, 0.1) is 5.92 Å². The third kappa shape index (κ3) is 2.28. The van der Waals surface area contributed by atoms with Gasteiger partial charge in [0.1, 0.15) is 0 Å². The van der Waals surface area contributed by atoms with E-state index in [9.17, 15) is 9.90 Å². The molecule has 0 radical (unpaired) electrons. The summed E-state index contributed by atoms with van der Waals surface area (Å²) >= 11 is 5.95. The molecule has 2 atom stereocenters. The number of carbonyl (C=O) groups excluding carboxylic acids is 1.